The minimum atomic E-state index is -0.248. The molecule has 0 radical (unpaired) electrons. The fourth-order valence-electron chi connectivity index (χ4n) is 1.39. The number of rotatable bonds is 3. The van der Waals surface area contributed by atoms with Crippen LogP contribution in [0, 0.1) is 12.7 Å². The van der Waals surface area contributed by atoms with Gasteiger partial charge in [0.25, 0.3) is 0 Å². The lowest BCUT2D eigenvalue weighted by molar-refractivity contribution is 0.629. The highest BCUT2D eigenvalue weighted by molar-refractivity contribution is 5.47. The number of nitrogens with one attached hydrogen (secondary N) is 1. The lowest BCUT2D eigenvalue weighted by Crippen LogP contribution is -2.02. The zero-order valence-electron chi connectivity index (χ0n) is 8.94. The van der Waals surface area contributed by atoms with Gasteiger partial charge < -0.3 is 5.32 Å². The molecule has 2 rings (SSSR count). The second kappa shape index (κ2) is 4.70. The van der Waals surface area contributed by atoms with Crippen molar-refractivity contribution in [2.24, 2.45) is 0 Å². The summed E-state index contributed by atoms with van der Waals surface area (Å²) >= 11 is 0. The van der Waals surface area contributed by atoms with Crippen LogP contribution in [0.2, 0.25) is 0 Å². The molecule has 0 spiro atoms. The summed E-state index contributed by atoms with van der Waals surface area (Å²) in [4.78, 5) is 7.78. The molecule has 2 aromatic rings. The zero-order valence-corrected chi connectivity index (χ0v) is 8.94. The van der Waals surface area contributed by atoms with Crippen molar-refractivity contribution in [3.8, 4) is 0 Å². The van der Waals surface area contributed by atoms with Crippen molar-refractivity contribution in [2.75, 3.05) is 5.32 Å². The van der Waals surface area contributed by atoms with Gasteiger partial charge in [-0.05, 0) is 24.6 Å². The molecule has 82 valence electrons. The molecule has 0 aliphatic rings. The van der Waals surface area contributed by atoms with Gasteiger partial charge in [-0.2, -0.15) is 0 Å². The number of hydrogen-bond acceptors (Lipinski definition) is 3. The Morgan fingerprint density at radius 3 is 2.75 bits per heavy atom. The van der Waals surface area contributed by atoms with Crippen molar-refractivity contribution < 1.29 is 4.39 Å². The van der Waals surface area contributed by atoms with Crippen molar-refractivity contribution >= 4 is 5.69 Å². The molecule has 0 amide bonds. The van der Waals surface area contributed by atoms with E-state index >= 15 is 0 Å². The van der Waals surface area contributed by atoms with Crippen molar-refractivity contribution in [1.82, 2.24) is 9.97 Å². The van der Waals surface area contributed by atoms with Crippen LogP contribution in [0.4, 0.5) is 10.1 Å². The molecular formula is C12H12FN3. The summed E-state index contributed by atoms with van der Waals surface area (Å²) in [5, 5.41) is 3.02. The number of halogens is 1. The fourth-order valence-corrected chi connectivity index (χ4v) is 1.39. The van der Waals surface area contributed by atoms with Gasteiger partial charge in [0.1, 0.15) is 12.1 Å². The quantitative estimate of drug-likeness (QED) is 0.858. The van der Waals surface area contributed by atoms with Gasteiger partial charge in [0.05, 0.1) is 5.69 Å². The van der Waals surface area contributed by atoms with Gasteiger partial charge in [0.2, 0.25) is 0 Å². The first-order chi connectivity index (χ1) is 7.75. The molecule has 0 bridgehead atoms. The van der Waals surface area contributed by atoms with Crippen LogP contribution < -0.4 is 5.32 Å². The second-order valence-electron chi connectivity index (χ2n) is 3.58. The highest BCUT2D eigenvalue weighted by Gasteiger charge is 2.01. The van der Waals surface area contributed by atoms with E-state index in [1.54, 1.807) is 24.5 Å². The number of anilines is 1. The molecule has 0 atom stereocenters. The average molecular weight is 217 g/mol. The molecule has 0 fully saturated rings. The number of benzene rings is 1. The number of hydrogen-bond donors (Lipinski definition) is 1. The van der Waals surface area contributed by atoms with E-state index in [2.05, 4.69) is 15.3 Å². The Balaban J connectivity index is 2.08. The average Bonchev–Trinajstić information content (AvgIpc) is 2.32. The summed E-state index contributed by atoms with van der Waals surface area (Å²) in [6, 6.07) is 4.98. The molecule has 0 aliphatic carbocycles. The maximum absolute atomic E-state index is 13.4. The van der Waals surface area contributed by atoms with Gasteiger partial charge in [-0.3, -0.25) is 0 Å². The summed E-state index contributed by atoms with van der Waals surface area (Å²) < 4.78 is 13.4. The molecule has 1 heterocycles. The van der Waals surface area contributed by atoms with Crippen LogP contribution in [-0.2, 0) is 6.54 Å². The van der Waals surface area contributed by atoms with E-state index < -0.39 is 0 Å². The standard InChI is InChI=1S/C12H12FN3/c1-9-2-3-11(13)12(4-9)16-7-10-5-14-8-15-6-10/h2-6,8,16H,7H2,1H3. The summed E-state index contributed by atoms with van der Waals surface area (Å²) in [6.07, 6.45) is 4.87. The first-order valence-corrected chi connectivity index (χ1v) is 4.99. The van der Waals surface area contributed by atoms with Crippen molar-refractivity contribution in [3.05, 3.63) is 53.9 Å². The van der Waals surface area contributed by atoms with Crippen LogP contribution in [0.15, 0.2) is 36.9 Å². The largest absolute Gasteiger partial charge is 0.378 e. The maximum Gasteiger partial charge on any atom is 0.146 e. The predicted octanol–water partition coefficient (Wildman–Crippen LogP) is 2.54. The molecule has 0 unspecified atom stereocenters. The highest BCUT2D eigenvalue weighted by Crippen LogP contribution is 2.16. The van der Waals surface area contributed by atoms with E-state index in [-0.39, 0.29) is 5.82 Å². The van der Waals surface area contributed by atoms with Gasteiger partial charge in [-0.15, -0.1) is 0 Å². The molecule has 0 saturated heterocycles. The van der Waals surface area contributed by atoms with Crippen molar-refractivity contribution in [2.45, 2.75) is 13.5 Å². The van der Waals surface area contributed by atoms with E-state index in [9.17, 15) is 4.39 Å². The minimum Gasteiger partial charge on any atom is -0.378 e. The van der Waals surface area contributed by atoms with Crippen LogP contribution in [0.1, 0.15) is 11.1 Å². The number of nitrogens with zero attached hydrogens (tertiary/aromatic N) is 2. The molecule has 0 saturated carbocycles. The summed E-state index contributed by atoms with van der Waals surface area (Å²) in [5.41, 5.74) is 2.44. The minimum absolute atomic E-state index is 0.248. The second-order valence-corrected chi connectivity index (χ2v) is 3.58. The van der Waals surface area contributed by atoms with Crippen LogP contribution >= 0.6 is 0 Å². The topological polar surface area (TPSA) is 37.8 Å². The SMILES string of the molecule is Cc1ccc(F)c(NCc2cncnc2)c1. The first-order valence-electron chi connectivity index (χ1n) is 4.99. The van der Waals surface area contributed by atoms with E-state index in [0.29, 0.717) is 12.2 Å². The lowest BCUT2D eigenvalue weighted by Gasteiger charge is -2.07. The van der Waals surface area contributed by atoms with Gasteiger partial charge in [-0.25, -0.2) is 14.4 Å². The molecular weight excluding hydrogens is 205 g/mol. The Labute approximate surface area is 93.4 Å². The number of aryl methyl sites for hydroxylation is 1. The van der Waals surface area contributed by atoms with Crippen LogP contribution in [0.5, 0.6) is 0 Å². The molecule has 16 heavy (non-hydrogen) atoms. The molecule has 3 nitrogen and oxygen atoms in total. The monoisotopic (exact) mass is 217 g/mol. The lowest BCUT2D eigenvalue weighted by atomic mass is 10.2. The third-order valence-electron chi connectivity index (χ3n) is 2.22. The third-order valence-corrected chi connectivity index (χ3v) is 2.22. The maximum atomic E-state index is 13.4. The van der Waals surface area contributed by atoms with Crippen LogP contribution in [0.25, 0.3) is 0 Å². The van der Waals surface area contributed by atoms with Gasteiger partial charge in [0.15, 0.2) is 0 Å². The zero-order chi connectivity index (χ0) is 11.4. The fraction of sp³-hybridized carbons (Fsp3) is 0.167. The Morgan fingerprint density at radius 2 is 2.00 bits per heavy atom. The number of aromatic nitrogens is 2. The van der Waals surface area contributed by atoms with Crippen molar-refractivity contribution in [3.63, 3.8) is 0 Å². The predicted molar refractivity (Wildman–Crippen MR) is 60.5 cm³/mol. The van der Waals surface area contributed by atoms with E-state index in [1.165, 1.54) is 12.4 Å². The molecule has 1 aromatic carbocycles. The molecule has 0 aliphatic heterocycles. The van der Waals surface area contributed by atoms with Gasteiger partial charge >= 0.3 is 0 Å². The Kier molecular flexibility index (Phi) is 3.10. The van der Waals surface area contributed by atoms with Crippen LogP contribution in [0.3, 0.4) is 0 Å². The Morgan fingerprint density at radius 1 is 1.25 bits per heavy atom. The van der Waals surface area contributed by atoms with Gasteiger partial charge in [-0.1, -0.05) is 6.07 Å². The Hall–Kier alpha value is -1.97. The van der Waals surface area contributed by atoms with E-state index in [0.717, 1.165) is 11.1 Å². The summed E-state index contributed by atoms with van der Waals surface area (Å²) in [5.74, 6) is -0.248. The third kappa shape index (κ3) is 2.53. The highest BCUT2D eigenvalue weighted by atomic mass is 19.1. The van der Waals surface area contributed by atoms with Gasteiger partial charge in [0, 0.05) is 24.5 Å². The summed E-state index contributed by atoms with van der Waals surface area (Å²) in [6.45, 7) is 2.44. The molecule has 1 aromatic heterocycles. The van der Waals surface area contributed by atoms with Crippen molar-refractivity contribution in [1.29, 1.82) is 0 Å². The smallest absolute Gasteiger partial charge is 0.146 e. The molecule has 1 N–H and O–H groups in total. The Bertz CT molecular complexity index is 471. The first kappa shape index (κ1) is 10.5. The van der Waals surface area contributed by atoms with E-state index in [1.807, 2.05) is 6.92 Å². The van der Waals surface area contributed by atoms with Crippen LogP contribution in [-0.4, -0.2) is 9.97 Å². The molecule has 4 heteroatoms. The van der Waals surface area contributed by atoms with E-state index in [4.69, 9.17) is 0 Å². The summed E-state index contributed by atoms with van der Waals surface area (Å²) in [7, 11) is 0. The normalized spacial score (nSPS) is 10.1.